The molecule has 0 unspecified atom stereocenters. The molecule has 0 spiro atoms. The summed E-state index contributed by atoms with van der Waals surface area (Å²) in [6.45, 7) is 2.84. The highest BCUT2D eigenvalue weighted by molar-refractivity contribution is 6.42. The van der Waals surface area contributed by atoms with E-state index in [-0.39, 0.29) is 0 Å². The summed E-state index contributed by atoms with van der Waals surface area (Å²) in [6.07, 6.45) is 7.93. The number of unbranched alkanes of at least 4 members (excludes halogenated alkanes) is 1. The number of halogens is 2. The Labute approximate surface area is 123 Å². The van der Waals surface area contributed by atoms with Crippen LogP contribution in [0.3, 0.4) is 0 Å². The Morgan fingerprint density at radius 3 is 2.79 bits per heavy atom. The predicted molar refractivity (Wildman–Crippen MR) is 79.6 cm³/mol. The van der Waals surface area contributed by atoms with Gasteiger partial charge in [0.2, 0.25) is 0 Å². The van der Waals surface area contributed by atoms with Gasteiger partial charge in [-0.1, -0.05) is 29.3 Å². The Hall–Kier alpha value is -1.03. The van der Waals surface area contributed by atoms with Gasteiger partial charge in [0.25, 0.3) is 0 Å². The zero-order chi connectivity index (χ0) is 13.5. The lowest BCUT2D eigenvalue weighted by Gasteiger charge is -2.06. The highest BCUT2D eigenvalue weighted by Gasteiger charge is 1.99. The second-order valence-electron chi connectivity index (χ2n) is 4.43. The van der Waals surface area contributed by atoms with Gasteiger partial charge in [0.05, 0.1) is 16.4 Å². The van der Waals surface area contributed by atoms with Crippen molar-refractivity contribution in [2.24, 2.45) is 0 Å². The van der Waals surface area contributed by atoms with E-state index in [2.05, 4.69) is 14.9 Å². The Morgan fingerprint density at radius 1 is 1.16 bits per heavy atom. The maximum Gasteiger partial charge on any atom is 0.0945 e. The zero-order valence-corrected chi connectivity index (χ0v) is 12.2. The predicted octanol–water partition coefficient (Wildman–Crippen LogP) is 3.76. The number of nitrogens with zero attached hydrogens (tertiary/aromatic N) is 2. The molecule has 1 heterocycles. The third-order valence-corrected chi connectivity index (χ3v) is 3.63. The maximum absolute atomic E-state index is 5.97. The van der Waals surface area contributed by atoms with Crippen LogP contribution in [0.4, 0.5) is 0 Å². The molecule has 3 nitrogen and oxygen atoms in total. The van der Waals surface area contributed by atoms with E-state index >= 15 is 0 Å². The van der Waals surface area contributed by atoms with Crippen molar-refractivity contribution in [3.05, 3.63) is 52.5 Å². The molecule has 1 aromatic carbocycles. The first-order chi connectivity index (χ1) is 9.25. The number of hydrogen-bond acceptors (Lipinski definition) is 2. The molecule has 2 aromatic rings. The van der Waals surface area contributed by atoms with Gasteiger partial charge in [0, 0.05) is 25.5 Å². The number of aryl methyl sites for hydroxylation is 1. The van der Waals surface area contributed by atoms with Gasteiger partial charge in [-0.05, 0) is 37.1 Å². The maximum atomic E-state index is 5.97. The molecule has 5 heteroatoms. The van der Waals surface area contributed by atoms with E-state index in [9.17, 15) is 0 Å². The summed E-state index contributed by atoms with van der Waals surface area (Å²) in [7, 11) is 0. The molecule has 0 saturated carbocycles. The van der Waals surface area contributed by atoms with Crippen LogP contribution in [0.15, 0.2) is 36.9 Å². The number of imidazole rings is 1. The standard InChI is InChI=1S/C14H17Cl2N3/c15-13-4-3-12(9-14(13)16)10-17-5-1-2-7-19-8-6-18-11-19/h3-4,6,8-9,11,17H,1-2,5,7,10H2. The van der Waals surface area contributed by atoms with E-state index in [1.54, 1.807) is 0 Å². The normalized spacial score (nSPS) is 10.8. The second-order valence-corrected chi connectivity index (χ2v) is 5.25. The third-order valence-electron chi connectivity index (χ3n) is 2.89. The molecule has 1 aromatic heterocycles. The summed E-state index contributed by atoms with van der Waals surface area (Å²) in [5.74, 6) is 0. The van der Waals surface area contributed by atoms with Gasteiger partial charge in [-0.2, -0.15) is 0 Å². The van der Waals surface area contributed by atoms with Crippen LogP contribution >= 0.6 is 23.2 Å². The van der Waals surface area contributed by atoms with E-state index in [0.29, 0.717) is 10.0 Å². The van der Waals surface area contributed by atoms with Crippen molar-refractivity contribution in [2.45, 2.75) is 25.9 Å². The molecule has 0 bridgehead atoms. The average molecular weight is 298 g/mol. The van der Waals surface area contributed by atoms with Gasteiger partial charge < -0.3 is 9.88 Å². The van der Waals surface area contributed by atoms with Crippen molar-refractivity contribution in [1.82, 2.24) is 14.9 Å². The summed E-state index contributed by atoms with van der Waals surface area (Å²) < 4.78 is 2.10. The Balaban J connectivity index is 1.60. The molecule has 0 atom stereocenters. The van der Waals surface area contributed by atoms with Gasteiger partial charge in [0.1, 0.15) is 0 Å². The van der Waals surface area contributed by atoms with Gasteiger partial charge in [-0.15, -0.1) is 0 Å². The van der Waals surface area contributed by atoms with Crippen LogP contribution in [0.2, 0.25) is 10.0 Å². The van der Waals surface area contributed by atoms with E-state index in [4.69, 9.17) is 23.2 Å². The smallest absolute Gasteiger partial charge is 0.0945 e. The Bertz CT molecular complexity index is 497. The molecule has 0 saturated heterocycles. The van der Waals surface area contributed by atoms with Crippen LogP contribution in [0, 0.1) is 0 Å². The van der Waals surface area contributed by atoms with Crippen molar-refractivity contribution in [2.75, 3.05) is 6.54 Å². The average Bonchev–Trinajstić information content (AvgIpc) is 2.91. The van der Waals surface area contributed by atoms with Crippen molar-refractivity contribution < 1.29 is 0 Å². The topological polar surface area (TPSA) is 29.9 Å². The van der Waals surface area contributed by atoms with Gasteiger partial charge >= 0.3 is 0 Å². The molecule has 0 radical (unpaired) electrons. The van der Waals surface area contributed by atoms with Crippen molar-refractivity contribution >= 4 is 23.2 Å². The molecule has 1 N–H and O–H groups in total. The van der Waals surface area contributed by atoms with Gasteiger partial charge in [-0.3, -0.25) is 0 Å². The van der Waals surface area contributed by atoms with Crippen molar-refractivity contribution in [3.63, 3.8) is 0 Å². The number of benzene rings is 1. The third kappa shape index (κ3) is 4.86. The van der Waals surface area contributed by atoms with E-state index in [0.717, 1.165) is 38.0 Å². The summed E-state index contributed by atoms with van der Waals surface area (Å²) in [5, 5.41) is 4.62. The number of hydrogen-bond donors (Lipinski definition) is 1. The molecule has 0 aliphatic carbocycles. The minimum atomic E-state index is 0.603. The fourth-order valence-corrected chi connectivity index (χ4v) is 2.17. The van der Waals surface area contributed by atoms with Crippen LogP contribution in [0.1, 0.15) is 18.4 Å². The molecule has 102 valence electrons. The number of nitrogens with one attached hydrogen (secondary N) is 1. The summed E-state index contributed by atoms with van der Waals surface area (Å²) in [5.41, 5.74) is 1.16. The van der Waals surface area contributed by atoms with Crippen LogP contribution in [0.5, 0.6) is 0 Å². The molecule has 0 aliphatic rings. The number of aromatic nitrogens is 2. The number of rotatable bonds is 7. The first kappa shape index (κ1) is 14.4. The Kier molecular flexibility index (Phi) is 5.70. The molecule has 0 aliphatic heterocycles. The molecule has 2 rings (SSSR count). The highest BCUT2D eigenvalue weighted by Crippen LogP contribution is 2.22. The van der Waals surface area contributed by atoms with E-state index in [1.165, 1.54) is 0 Å². The van der Waals surface area contributed by atoms with E-state index in [1.807, 2.05) is 36.9 Å². The SMILES string of the molecule is Clc1ccc(CNCCCCn2ccnc2)cc1Cl. The highest BCUT2D eigenvalue weighted by atomic mass is 35.5. The minimum absolute atomic E-state index is 0.603. The largest absolute Gasteiger partial charge is 0.337 e. The zero-order valence-electron chi connectivity index (χ0n) is 10.6. The monoisotopic (exact) mass is 297 g/mol. The van der Waals surface area contributed by atoms with Crippen LogP contribution in [-0.2, 0) is 13.1 Å². The van der Waals surface area contributed by atoms with Crippen molar-refractivity contribution in [1.29, 1.82) is 0 Å². The second kappa shape index (κ2) is 7.53. The summed E-state index contributed by atoms with van der Waals surface area (Å²) >= 11 is 11.8. The molecule has 19 heavy (non-hydrogen) atoms. The van der Waals surface area contributed by atoms with Crippen LogP contribution in [-0.4, -0.2) is 16.1 Å². The minimum Gasteiger partial charge on any atom is -0.337 e. The van der Waals surface area contributed by atoms with E-state index < -0.39 is 0 Å². The molecular formula is C14H17Cl2N3. The van der Waals surface area contributed by atoms with Gasteiger partial charge in [-0.25, -0.2) is 4.98 Å². The molecule has 0 amide bonds. The Morgan fingerprint density at radius 2 is 2.05 bits per heavy atom. The fourth-order valence-electron chi connectivity index (χ4n) is 1.85. The fraction of sp³-hybridized carbons (Fsp3) is 0.357. The lowest BCUT2D eigenvalue weighted by Crippen LogP contribution is -2.15. The molecule has 0 fully saturated rings. The summed E-state index contributed by atoms with van der Waals surface area (Å²) in [4.78, 5) is 4.02. The summed E-state index contributed by atoms with van der Waals surface area (Å²) in [6, 6.07) is 5.73. The first-order valence-corrected chi connectivity index (χ1v) is 7.11. The van der Waals surface area contributed by atoms with Crippen LogP contribution in [0.25, 0.3) is 0 Å². The lowest BCUT2D eigenvalue weighted by molar-refractivity contribution is 0.568. The van der Waals surface area contributed by atoms with Gasteiger partial charge in [0.15, 0.2) is 0 Å². The lowest BCUT2D eigenvalue weighted by atomic mass is 10.2. The molecular weight excluding hydrogens is 281 g/mol. The van der Waals surface area contributed by atoms with Crippen LogP contribution < -0.4 is 5.32 Å². The first-order valence-electron chi connectivity index (χ1n) is 6.36. The van der Waals surface area contributed by atoms with Crippen molar-refractivity contribution in [3.8, 4) is 0 Å². The quantitative estimate of drug-likeness (QED) is 0.789.